The molecule has 0 spiro atoms. The summed E-state index contributed by atoms with van der Waals surface area (Å²) in [6.07, 6.45) is -5.47. The second-order valence-corrected chi connectivity index (χ2v) is 3.90. The maximum absolute atomic E-state index is 13.4. The Hall–Kier alpha value is -1.21. The van der Waals surface area contributed by atoms with Crippen LogP contribution in [-0.2, 0) is 5.60 Å². The van der Waals surface area contributed by atoms with Gasteiger partial charge in [0.25, 0.3) is 0 Å². The molecule has 0 saturated heterocycles. The highest BCUT2D eigenvalue weighted by atomic mass is 19.4. The molecule has 0 amide bonds. The van der Waals surface area contributed by atoms with Gasteiger partial charge in [-0.1, -0.05) is 6.92 Å². The molecule has 0 aromatic heterocycles. The molecule has 0 bridgehead atoms. The highest BCUT2D eigenvalue weighted by molar-refractivity contribution is 5.29. The van der Waals surface area contributed by atoms with E-state index in [0.29, 0.717) is 18.2 Å². The molecule has 2 unspecified atom stereocenters. The van der Waals surface area contributed by atoms with E-state index in [1.165, 1.54) is 6.92 Å². The molecule has 2 atom stereocenters. The van der Waals surface area contributed by atoms with E-state index in [9.17, 15) is 27.1 Å². The van der Waals surface area contributed by atoms with Crippen LogP contribution in [0.15, 0.2) is 18.2 Å². The van der Waals surface area contributed by atoms with E-state index >= 15 is 0 Å². The third-order valence-electron chi connectivity index (χ3n) is 2.75. The molecule has 102 valence electrons. The lowest BCUT2D eigenvalue weighted by Crippen LogP contribution is -2.55. The summed E-state index contributed by atoms with van der Waals surface area (Å²) in [6, 6.07) is -0.316. The van der Waals surface area contributed by atoms with E-state index < -0.39 is 35.0 Å². The summed E-state index contributed by atoms with van der Waals surface area (Å²) >= 11 is 0. The van der Waals surface area contributed by atoms with Crippen LogP contribution in [0.5, 0.6) is 0 Å². The van der Waals surface area contributed by atoms with E-state index in [2.05, 4.69) is 0 Å². The molecule has 0 radical (unpaired) electrons. The number of alkyl halides is 3. The van der Waals surface area contributed by atoms with Crippen molar-refractivity contribution in [1.29, 1.82) is 0 Å². The normalized spacial score (nSPS) is 17.3. The van der Waals surface area contributed by atoms with Crippen molar-refractivity contribution < 1.29 is 27.1 Å². The molecule has 0 aliphatic rings. The van der Waals surface area contributed by atoms with E-state index in [0.717, 1.165) is 0 Å². The van der Waals surface area contributed by atoms with Crippen LogP contribution >= 0.6 is 0 Å². The second kappa shape index (κ2) is 4.81. The Morgan fingerprint density at radius 3 is 2.28 bits per heavy atom. The summed E-state index contributed by atoms with van der Waals surface area (Å²) in [5.74, 6) is -2.45. The monoisotopic (exact) mass is 269 g/mol. The average molecular weight is 269 g/mol. The predicted octanol–water partition coefficient (Wildman–Crippen LogP) is 2.45. The molecule has 1 aromatic rings. The SMILES string of the molecule is CCC(N)C(O)(c1cc(F)ccc1F)C(F)(F)F. The summed E-state index contributed by atoms with van der Waals surface area (Å²) in [5.41, 5.74) is 0.408. The van der Waals surface area contributed by atoms with Crippen LogP contribution < -0.4 is 5.73 Å². The van der Waals surface area contributed by atoms with Gasteiger partial charge in [0.05, 0.1) is 0 Å². The van der Waals surface area contributed by atoms with Gasteiger partial charge < -0.3 is 10.8 Å². The first kappa shape index (κ1) is 14.8. The summed E-state index contributed by atoms with van der Waals surface area (Å²) in [5, 5.41) is 9.74. The number of hydrogen-bond donors (Lipinski definition) is 2. The average Bonchev–Trinajstić information content (AvgIpc) is 2.28. The Morgan fingerprint density at radius 2 is 1.83 bits per heavy atom. The number of halogens is 5. The minimum atomic E-state index is -5.21. The lowest BCUT2D eigenvalue weighted by molar-refractivity contribution is -0.275. The van der Waals surface area contributed by atoms with Crippen molar-refractivity contribution in [1.82, 2.24) is 0 Å². The Balaban J connectivity index is 3.49. The quantitative estimate of drug-likeness (QED) is 0.828. The zero-order chi connectivity index (χ0) is 14.1. The van der Waals surface area contributed by atoms with E-state index in [4.69, 9.17) is 5.73 Å². The molecule has 0 aliphatic heterocycles. The lowest BCUT2D eigenvalue weighted by atomic mass is 9.84. The van der Waals surface area contributed by atoms with Crippen molar-refractivity contribution in [2.75, 3.05) is 0 Å². The van der Waals surface area contributed by atoms with Crippen molar-refractivity contribution >= 4 is 0 Å². The van der Waals surface area contributed by atoms with Crippen LogP contribution in [0.1, 0.15) is 18.9 Å². The minimum Gasteiger partial charge on any atom is -0.375 e. The van der Waals surface area contributed by atoms with Gasteiger partial charge in [0.1, 0.15) is 11.6 Å². The van der Waals surface area contributed by atoms with Crippen LogP contribution in [0.2, 0.25) is 0 Å². The molecule has 0 aliphatic carbocycles. The summed E-state index contributed by atoms with van der Waals surface area (Å²) in [7, 11) is 0. The Morgan fingerprint density at radius 1 is 1.28 bits per heavy atom. The topological polar surface area (TPSA) is 46.2 Å². The molecule has 2 nitrogen and oxygen atoms in total. The minimum absolute atomic E-state index is 0.258. The highest BCUT2D eigenvalue weighted by Crippen LogP contribution is 2.42. The van der Waals surface area contributed by atoms with Gasteiger partial charge in [-0.2, -0.15) is 13.2 Å². The summed E-state index contributed by atoms with van der Waals surface area (Å²) in [6.45, 7) is 1.30. The van der Waals surface area contributed by atoms with Crippen LogP contribution in [0.25, 0.3) is 0 Å². The van der Waals surface area contributed by atoms with Crippen molar-refractivity contribution in [3.63, 3.8) is 0 Å². The fourth-order valence-corrected chi connectivity index (χ4v) is 1.65. The second-order valence-electron chi connectivity index (χ2n) is 3.90. The number of rotatable bonds is 3. The standard InChI is InChI=1S/C11H12F5NO/c1-2-9(17)10(18,11(14,15)16)7-5-6(12)3-4-8(7)13/h3-5,9,18H,2,17H2,1H3. The van der Waals surface area contributed by atoms with E-state index in [-0.39, 0.29) is 6.42 Å². The lowest BCUT2D eigenvalue weighted by Gasteiger charge is -2.35. The van der Waals surface area contributed by atoms with Gasteiger partial charge in [-0.25, -0.2) is 8.78 Å². The van der Waals surface area contributed by atoms with Crippen molar-refractivity contribution in [2.24, 2.45) is 5.73 Å². The Kier molecular flexibility index (Phi) is 3.97. The van der Waals surface area contributed by atoms with Crippen LogP contribution in [-0.4, -0.2) is 17.3 Å². The smallest absolute Gasteiger partial charge is 0.375 e. The molecular formula is C11H12F5NO. The maximum Gasteiger partial charge on any atom is 0.423 e. The largest absolute Gasteiger partial charge is 0.423 e. The molecule has 0 fully saturated rings. The van der Waals surface area contributed by atoms with Gasteiger partial charge in [-0.15, -0.1) is 0 Å². The summed E-state index contributed by atoms with van der Waals surface area (Å²) in [4.78, 5) is 0. The van der Waals surface area contributed by atoms with Gasteiger partial charge in [0.15, 0.2) is 0 Å². The Bertz CT molecular complexity index is 434. The molecular weight excluding hydrogens is 257 g/mol. The first-order valence-corrected chi connectivity index (χ1v) is 5.14. The molecule has 7 heteroatoms. The van der Waals surface area contributed by atoms with Crippen LogP contribution in [0, 0.1) is 11.6 Å². The predicted molar refractivity (Wildman–Crippen MR) is 54.6 cm³/mol. The third-order valence-corrected chi connectivity index (χ3v) is 2.75. The molecule has 0 heterocycles. The van der Waals surface area contributed by atoms with Crippen molar-refractivity contribution in [3.05, 3.63) is 35.4 Å². The zero-order valence-electron chi connectivity index (χ0n) is 9.43. The fraction of sp³-hybridized carbons (Fsp3) is 0.455. The molecule has 1 rings (SSSR count). The van der Waals surface area contributed by atoms with Crippen LogP contribution in [0.4, 0.5) is 22.0 Å². The maximum atomic E-state index is 13.4. The van der Waals surface area contributed by atoms with Crippen molar-refractivity contribution in [3.8, 4) is 0 Å². The van der Waals surface area contributed by atoms with E-state index in [1.54, 1.807) is 0 Å². The fourth-order valence-electron chi connectivity index (χ4n) is 1.65. The highest BCUT2D eigenvalue weighted by Gasteiger charge is 2.59. The first-order chi connectivity index (χ1) is 8.14. The van der Waals surface area contributed by atoms with Crippen LogP contribution in [0.3, 0.4) is 0 Å². The third kappa shape index (κ3) is 2.32. The molecule has 0 saturated carbocycles. The summed E-state index contributed by atoms with van der Waals surface area (Å²) < 4.78 is 65.1. The molecule has 18 heavy (non-hydrogen) atoms. The number of hydrogen-bond acceptors (Lipinski definition) is 2. The Labute approximate surface area is 100 Å². The number of nitrogens with two attached hydrogens (primary N) is 1. The van der Waals surface area contributed by atoms with Gasteiger partial charge in [-0.3, -0.25) is 0 Å². The number of aliphatic hydroxyl groups is 1. The van der Waals surface area contributed by atoms with Gasteiger partial charge in [0, 0.05) is 11.6 Å². The van der Waals surface area contributed by atoms with E-state index in [1.807, 2.05) is 0 Å². The van der Waals surface area contributed by atoms with Crippen molar-refractivity contribution in [2.45, 2.75) is 31.2 Å². The number of benzene rings is 1. The zero-order valence-corrected chi connectivity index (χ0v) is 9.43. The first-order valence-electron chi connectivity index (χ1n) is 5.14. The van der Waals surface area contributed by atoms with Gasteiger partial charge in [0.2, 0.25) is 5.60 Å². The van der Waals surface area contributed by atoms with Gasteiger partial charge >= 0.3 is 6.18 Å². The van der Waals surface area contributed by atoms with Gasteiger partial charge in [-0.05, 0) is 24.6 Å². The molecule has 3 N–H and O–H groups in total. The molecule has 1 aromatic carbocycles.